The van der Waals surface area contributed by atoms with E-state index < -0.39 is 12.1 Å². The van der Waals surface area contributed by atoms with E-state index in [0.29, 0.717) is 5.56 Å². The average molecular weight is 354 g/mol. The first-order valence-electron chi connectivity index (χ1n) is 9.40. The van der Waals surface area contributed by atoms with Gasteiger partial charge in [0.1, 0.15) is 0 Å². The molecule has 0 spiro atoms. The van der Waals surface area contributed by atoms with Crippen LogP contribution in [0.1, 0.15) is 61.1 Å². The molecule has 1 fully saturated rings. The highest BCUT2D eigenvalue weighted by atomic mass is 16.5. The van der Waals surface area contributed by atoms with E-state index in [9.17, 15) is 9.59 Å². The van der Waals surface area contributed by atoms with Gasteiger partial charge in [0.05, 0.1) is 11.1 Å². The van der Waals surface area contributed by atoms with Crippen LogP contribution in [0.3, 0.4) is 0 Å². The van der Waals surface area contributed by atoms with Crippen LogP contribution < -0.4 is 5.32 Å². The second-order valence-corrected chi connectivity index (χ2v) is 6.97. The lowest BCUT2D eigenvalue weighted by molar-refractivity contribution is -0.129. The van der Waals surface area contributed by atoms with Gasteiger partial charge in [-0.1, -0.05) is 38.0 Å². The summed E-state index contributed by atoms with van der Waals surface area (Å²) in [5.74, 6) is -0.693. The molecule has 1 saturated carbocycles. The molecule has 5 heteroatoms. The number of rotatable bonds is 5. The lowest BCUT2D eigenvalue weighted by Gasteiger charge is -2.19. The summed E-state index contributed by atoms with van der Waals surface area (Å²) in [6, 6.07) is 7.74. The molecule has 0 aliphatic heterocycles. The average Bonchev–Trinajstić information content (AvgIpc) is 3.13. The summed E-state index contributed by atoms with van der Waals surface area (Å²) in [6.45, 7) is 5.52. The van der Waals surface area contributed by atoms with Gasteiger partial charge in [0.2, 0.25) is 0 Å². The molecule has 2 aromatic rings. The Morgan fingerprint density at radius 1 is 1.27 bits per heavy atom. The predicted octanol–water partition coefficient (Wildman–Crippen LogP) is 3.71. The van der Waals surface area contributed by atoms with Crippen molar-refractivity contribution in [2.45, 2.75) is 65.0 Å². The van der Waals surface area contributed by atoms with Crippen LogP contribution in [0.4, 0.5) is 0 Å². The molecule has 0 unspecified atom stereocenters. The molecule has 0 bridgehead atoms. The number of aryl methyl sites for hydroxylation is 1. The van der Waals surface area contributed by atoms with Gasteiger partial charge in [0.25, 0.3) is 5.91 Å². The van der Waals surface area contributed by atoms with Crippen LogP contribution in [-0.2, 0) is 16.0 Å². The van der Waals surface area contributed by atoms with E-state index >= 15 is 0 Å². The lowest BCUT2D eigenvalue weighted by Crippen LogP contribution is -2.41. The van der Waals surface area contributed by atoms with Crippen LogP contribution in [-0.4, -0.2) is 29.0 Å². The molecule has 5 nitrogen and oxygen atoms in total. The number of carbonyl (C=O) groups is 2. The van der Waals surface area contributed by atoms with Crippen LogP contribution in [0.2, 0.25) is 0 Å². The van der Waals surface area contributed by atoms with Gasteiger partial charge in [0, 0.05) is 17.1 Å². The minimum Gasteiger partial charge on any atom is -0.449 e. The minimum absolute atomic E-state index is 0.207. The van der Waals surface area contributed by atoms with E-state index in [0.717, 1.165) is 54.3 Å². The second-order valence-electron chi connectivity index (χ2n) is 6.97. The fraction of sp³-hybridized carbons (Fsp3) is 0.476. The lowest BCUT2D eigenvalue weighted by atomic mass is 10.0. The quantitative estimate of drug-likeness (QED) is 0.831. The van der Waals surface area contributed by atoms with Crippen molar-refractivity contribution >= 4 is 22.8 Å². The maximum atomic E-state index is 12.9. The highest BCUT2D eigenvalue weighted by Crippen LogP contribution is 2.25. The summed E-state index contributed by atoms with van der Waals surface area (Å²) in [4.78, 5) is 29.8. The zero-order valence-corrected chi connectivity index (χ0v) is 15.7. The standard InChI is InChI=1S/C21H26N2O3/c1-4-17-13(2)19(16-11-7-8-12-18(16)23-17)21(25)26-14(3)20(24)22-15-9-5-6-10-15/h7-8,11-12,14-15H,4-6,9-10H2,1-3H3,(H,22,24)/t14-/m0/s1. The number of amides is 1. The molecule has 0 radical (unpaired) electrons. The van der Waals surface area contributed by atoms with Crippen molar-refractivity contribution < 1.29 is 14.3 Å². The Hall–Kier alpha value is -2.43. The number of hydrogen-bond donors (Lipinski definition) is 1. The fourth-order valence-electron chi connectivity index (χ4n) is 3.63. The van der Waals surface area contributed by atoms with E-state index in [2.05, 4.69) is 10.3 Å². The van der Waals surface area contributed by atoms with Crippen LogP contribution in [0.5, 0.6) is 0 Å². The smallest absolute Gasteiger partial charge is 0.339 e. The molecule has 1 amide bonds. The first-order chi connectivity index (χ1) is 12.5. The Balaban J connectivity index is 1.82. The molecule has 1 aromatic carbocycles. The summed E-state index contributed by atoms with van der Waals surface area (Å²) in [5, 5.41) is 3.74. The molecule has 1 aliphatic carbocycles. The first kappa shape index (κ1) is 18.4. The zero-order valence-electron chi connectivity index (χ0n) is 15.7. The number of fused-ring (bicyclic) bond motifs is 1. The predicted molar refractivity (Wildman–Crippen MR) is 101 cm³/mol. The Morgan fingerprint density at radius 2 is 1.96 bits per heavy atom. The van der Waals surface area contributed by atoms with Crippen molar-refractivity contribution in [2.24, 2.45) is 0 Å². The van der Waals surface area contributed by atoms with Gasteiger partial charge in [-0.05, 0) is 44.7 Å². The van der Waals surface area contributed by atoms with Crippen LogP contribution in [0.25, 0.3) is 10.9 Å². The van der Waals surface area contributed by atoms with E-state index in [1.165, 1.54) is 0 Å². The number of ether oxygens (including phenoxy) is 1. The summed E-state index contributed by atoms with van der Waals surface area (Å²) < 4.78 is 5.52. The molecule has 0 saturated heterocycles. The number of pyridine rings is 1. The first-order valence-corrected chi connectivity index (χ1v) is 9.40. The Kier molecular flexibility index (Phi) is 5.55. The maximum Gasteiger partial charge on any atom is 0.339 e. The molecular formula is C21H26N2O3. The number of hydrogen-bond acceptors (Lipinski definition) is 4. The van der Waals surface area contributed by atoms with Gasteiger partial charge in [-0.15, -0.1) is 0 Å². The Morgan fingerprint density at radius 3 is 2.65 bits per heavy atom. The number of carbonyl (C=O) groups excluding carboxylic acids is 2. The van der Waals surface area contributed by atoms with Crippen LogP contribution >= 0.6 is 0 Å². The summed E-state index contributed by atoms with van der Waals surface area (Å²) in [7, 11) is 0. The topological polar surface area (TPSA) is 68.3 Å². The summed E-state index contributed by atoms with van der Waals surface area (Å²) in [6.07, 6.45) is 4.19. The number of benzene rings is 1. The maximum absolute atomic E-state index is 12.9. The highest BCUT2D eigenvalue weighted by molar-refractivity contribution is 6.05. The van der Waals surface area contributed by atoms with Gasteiger partial charge in [-0.2, -0.15) is 0 Å². The summed E-state index contributed by atoms with van der Waals surface area (Å²) in [5.41, 5.74) is 2.97. The monoisotopic (exact) mass is 354 g/mol. The molecule has 1 atom stereocenters. The van der Waals surface area contributed by atoms with Crippen LogP contribution in [0.15, 0.2) is 24.3 Å². The number of nitrogens with zero attached hydrogens (tertiary/aromatic N) is 1. The van der Waals surface area contributed by atoms with Crippen LogP contribution in [0, 0.1) is 6.92 Å². The molecule has 1 aliphatic rings. The number of aromatic nitrogens is 1. The number of para-hydroxylation sites is 1. The number of nitrogens with one attached hydrogen (secondary N) is 1. The largest absolute Gasteiger partial charge is 0.449 e. The van der Waals surface area contributed by atoms with E-state index in [1.807, 2.05) is 38.1 Å². The highest BCUT2D eigenvalue weighted by Gasteiger charge is 2.25. The zero-order chi connectivity index (χ0) is 18.7. The fourth-order valence-corrected chi connectivity index (χ4v) is 3.63. The van der Waals surface area contributed by atoms with Gasteiger partial charge >= 0.3 is 5.97 Å². The molecule has 3 rings (SSSR count). The Labute approximate surface area is 154 Å². The molecule has 26 heavy (non-hydrogen) atoms. The normalized spacial score (nSPS) is 15.8. The molecule has 1 aromatic heterocycles. The SMILES string of the molecule is CCc1nc2ccccc2c(C(=O)O[C@@H](C)C(=O)NC2CCCC2)c1C. The Bertz CT molecular complexity index is 825. The van der Waals surface area contributed by atoms with Crippen molar-refractivity contribution in [3.63, 3.8) is 0 Å². The van der Waals surface area contributed by atoms with E-state index in [4.69, 9.17) is 4.74 Å². The third-order valence-corrected chi connectivity index (χ3v) is 5.13. The van der Waals surface area contributed by atoms with Gasteiger partial charge in [-0.3, -0.25) is 9.78 Å². The minimum atomic E-state index is -0.820. The number of esters is 1. The molecule has 1 N–H and O–H groups in total. The van der Waals surface area contributed by atoms with Crippen molar-refractivity contribution in [1.82, 2.24) is 10.3 Å². The van der Waals surface area contributed by atoms with Gasteiger partial charge < -0.3 is 10.1 Å². The second kappa shape index (κ2) is 7.85. The van der Waals surface area contributed by atoms with Gasteiger partial charge in [0.15, 0.2) is 6.10 Å². The van der Waals surface area contributed by atoms with Crippen molar-refractivity contribution in [3.8, 4) is 0 Å². The van der Waals surface area contributed by atoms with Gasteiger partial charge in [-0.25, -0.2) is 4.79 Å². The third-order valence-electron chi connectivity index (χ3n) is 5.13. The van der Waals surface area contributed by atoms with Crippen molar-refractivity contribution in [1.29, 1.82) is 0 Å². The third kappa shape index (κ3) is 3.71. The van der Waals surface area contributed by atoms with E-state index in [1.54, 1.807) is 6.92 Å². The van der Waals surface area contributed by atoms with Crippen molar-refractivity contribution in [2.75, 3.05) is 0 Å². The molecule has 138 valence electrons. The van der Waals surface area contributed by atoms with E-state index in [-0.39, 0.29) is 11.9 Å². The summed E-state index contributed by atoms with van der Waals surface area (Å²) >= 11 is 0. The van der Waals surface area contributed by atoms with Crippen molar-refractivity contribution in [3.05, 3.63) is 41.1 Å². The molecule has 1 heterocycles. The molecular weight excluding hydrogens is 328 g/mol.